The van der Waals surface area contributed by atoms with Gasteiger partial charge < -0.3 is 20.5 Å². The first-order chi connectivity index (χ1) is 14.2. The average molecular weight is 398 g/mol. The number of hydrogen-bond acceptors (Lipinski definition) is 5. The van der Waals surface area contributed by atoms with Crippen LogP contribution in [0.25, 0.3) is 0 Å². The standard InChI is InChI=1S/C22H31N5O2/c1-3-23-22(25-15-17-7-6-9-20(29-2)21(17)28)26-18-10-13-27(14-11-18)16-19-8-4-5-12-24-19/h4-9,12,18,28H,3,10-11,13-16H2,1-2H3,(H2,23,25,26). The van der Waals surface area contributed by atoms with E-state index in [1.54, 1.807) is 13.2 Å². The molecule has 0 bridgehead atoms. The van der Waals surface area contributed by atoms with Gasteiger partial charge in [-0.3, -0.25) is 9.88 Å². The van der Waals surface area contributed by atoms with E-state index in [1.807, 2.05) is 30.5 Å². The summed E-state index contributed by atoms with van der Waals surface area (Å²) in [4.78, 5) is 11.5. The van der Waals surface area contributed by atoms with Crippen LogP contribution in [-0.2, 0) is 13.1 Å². The van der Waals surface area contributed by atoms with Gasteiger partial charge in [0.15, 0.2) is 17.5 Å². The monoisotopic (exact) mass is 397 g/mol. The van der Waals surface area contributed by atoms with Gasteiger partial charge in [0.05, 0.1) is 19.3 Å². The highest BCUT2D eigenvalue weighted by atomic mass is 16.5. The molecule has 2 aromatic rings. The first kappa shape index (κ1) is 20.9. The van der Waals surface area contributed by atoms with Gasteiger partial charge in [-0.1, -0.05) is 18.2 Å². The first-order valence-corrected chi connectivity index (χ1v) is 10.2. The van der Waals surface area contributed by atoms with Crippen LogP contribution in [0.3, 0.4) is 0 Å². The minimum absolute atomic E-state index is 0.150. The molecule has 1 aromatic heterocycles. The Bertz CT molecular complexity index is 789. The highest BCUT2D eigenvalue weighted by Gasteiger charge is 2.20. The number of methoxy groups -OCH3 is 1. The highest BCUT2D eigenvalue weighted by molar-refractivity contribution is 5.80. The van der Waals surface area contributed by atoms with Crippen LogP contribution in [0.15, 0.2) is 47.6 Å². The number of nitrogens with zero attached hydrogens (tertiary/aromatic N) is 3. The Balaban J connectivity index is 1.53. The van der Waals surface area contributed by atoms with E-state index < -0.39 is 0 Å². The number of rotatable bonds is 7. The van der Waals surface area contributed by atoms with E-state index in [9.17, 15) is 5.11 Å². The third kappa shape index (κ3) is 6.09. The van der Waals surface area contributed by atoms with E-state index in [-0.39, 0.29) is 5.75 Å². The molecule has 29 heavy (non-hydrogen) atoms. The number of aliphatic imine (C=N–C) groups is 1. The molecule has 0 saturated carbocycles. The number of ether oxygens (including phenoxy) is 1. The minimum atomic E-state index is 0.150. The van der Waals surface area contributed by atoms with Crippen molar-refractivity contribution in [2.24, 2.45) is 4.99 Å². The fourth-order valence-corrected chi connectivity index (χ4v) is 3.49. The molecule has 0 amide bonds. The van der Waals surface area contributed by atoms with Gasteiger partial charge in [-0.15, -0.1) is 0 Å². The minimum Gasteiger partial charge on any atom is -0.504 e. The number of aromatic nitrogens is 1. The number of guanidine groups is 1. The molecule has 7 heteroatoms. The lowest BCUT2D eigenvalue weighted by Crippen LogP contribution is -2.48. The van der Waals surface area contributed by atoms with Crippen LogP contribution in [0.4, 0.5) is 0 Å². The van der Waals surface area contributed by atoms with Crippen LogP contribution in [0.2, 0.25) is 0 Å². The van der Waals surface area contributed by atoms with Gasteiger partial charge >= 0.3 is 0 Å². The van der Waals surface area contributed by atoms with Crippen molar-refractivity contribution in [3.63, 3.8) is 0 Å². The molecular formula is C22H31N5O2. The molecule has 3 N–H and O–H groups in total. The van der Waals surface area contributed by atoms with Gasteiger partial charge in [0.25, 0.3) is 0 Å². The summed E-state index contributed by atoms with van der Waals surface area (Å²) in [7, 11) is 1.55. The average Bonchev–Trinajstić information content (AvgIpc) is 2.75. The Morgan fingerprint density at radius 2 is 2.07 bits per heavy atom. The molecule has 0 atom stereocenters. The van der Waals surface area contributed by atoms with E-state index >= 15 is 0 Å². The molecule has 1 aromatic carbocycles. The van der Waals surface area contributed by atoms with Gasteiger partial charge in [0.2, 0.25) is 0 Å². The molecule has 0 radical (unpaired) electrons. The second-order valence-electron chi connectivity index (χ2n) is 7.18. The van der Waals surface area contributed by atoms with Crippen molar-refractivity contribution in [3.8, 4) is 11.5 Å². The number of para-hydroxylation sites is 1. The Labute approximate surface area is 172 Å². The van der Waals surface area contributed by atoms with Crippen LogP contribution in [0.1, 0.15) is 31.0 Å². The summed E-state index contributed by atoms with van der Waals surface area (Å²) < 4.78 is 5.18. The molecule has 0 spiro atoms. The van der Waals surface area contributed by atoms with Crippen LogP contribution < -0.4 is 15.4 Å². The molecule has 2 heterocycles. The molecular weight excluding hydrogens is 366 g/mol. The predicted octanol–water partition coefficient (Wildman–Crippen LogP) is 2.52. The van der Waals surface area contributed by atoms with E-state index in [1.165, 1.54) is 0 Å². The van der Waals surface area contributed by atoms with Gasteiger partial charge in [-0.2, -0.15) is 0 Å². The zero-order valence-corrected chi connectivity index (χ0v) is 17.3. The van der Waals surface area contributed by atoms with Crippen LogP contribution in [-0.4, -0.2) is 53.7 Å². The molecule has 7 nitrogen and oxygen atoms in total. The molecule has 156 valence electrons. The SMILES string of the molecule is CCNC(=NCc1cccc(OC)c1O)NC1CCN(Cc2ccccn2)CC1. The number of aromatic hydroxyl groups is 1. The number of hydrogen-bond donors (Lipinski definition) is 3. The van der Waals surface area contributed by atoms with Crippen LogP contribution >= 0.6 is 0 Å². The number of piperidine rings is 1. The predicted molar refractivity (Wildman–Crippen MR) is 115 cm³/mol. The van der Waals surface area contributed by atoms with E-state index in [0.29, 0.717) is 18.3 Å². The van der Waals surface area contributed by atoms with E-state index in [4.69, 9.17) is 4.74 Å². The summed E-state index contributed by atoms with van der Waals surface area (Å²) >= 11 is 0. The fourth-order valence-electron chi connectivity index (χ4n) is 3.49. The molecule has 0 aliphatic carbocycles. The third-order valence-corrected chi connectivity index (χ3v) is 5.09. The lowest BCUT2D eigenvalue weighted by Gasteiger charge is -2.32. The lowest BCUT2D eigenvalue weighted by molar-refractivity contribution is 0.196. The maximum absolute atomic E-state index is 10.3. The molecule has 3 rings (SSSR count). The number of nitrogens with one attached hydrogen (secondary N) is 2. The molecule has 0 unspecified atom stereocenters. The quantitative estimate of drug-likeness (QED) is 0.492. The van der Waals surface area contributed by atoms with Gasteiger partial charge in [0.1, 0.15) is 0 Å². The Kier molecular flexibility index (Phi) is 7.69. The Morgan fingerprint density at radius 3 is 2.76 bits per heavy atom. The van der Waals surface area contributed by atoms with Gasteiger partial charge in [-0.25, -0.2) is 4.99 Å². The maximum atomic E-state index is 10.3. The normalized spacial score (nSPS) is 15.9. The smallest absolute Gasteiger partial charge is 0.191 e. The Hall–Kier alpha value is -2.80. The van der Waals surface area contributed by atoms with Crippen molar-refractivity contribution < 1.29 is 9.84 Å². The third-order valence-electron chi connectivity index (χ3n) is 5.09. The molecule has 1 fully saturated rings. The summed E-state index contributed by atoms with van der Waals surface area (Å²) in [5.74, 6) is 1.39. The van der Waals surface area contributed by atoms with Crippen molar-refractivity contribution in [3.05, 3.63) is 53.9 Å². The second kappa shape index (κ2) is 10.7. The summed E-state index contributed by atoms with van der Waals surface area (Å²) in [6.45, 7) is 6.19. The maximum Gasteiger partial charge on any atom is 0.191 e. The lowest BCUT2D eigenvalue weighted by atomic mass is 10.0. The number of phenols is 1. The molecule has 1 aliphatic heterocycles. The number of benzene rings is 1. The molecule has 1 saturated heterocycles. The van der Waals surface area contributed by atoms with Crippen molar-refractivity contribution in [2.75, 3.05) is 26.7 Å². The topological polar surface area (TPSA) is 82.0 Å². The van der Waals surface area contributed by atoms with E-state index in [0.717, 1.165) is 56.2 Å². The number of likely N-dealkylation sites (tertiary alicyclic amines) is 1. The number of phenolic OH excluding ortho intramolecular Hbond substituents is 1. The zero-order valence-electron chi connectivity index (χ0n) is 17.3. The van der Waals surface area contributed by atoms with Crippen molar-refractivity contribution >= 4 is 5.96 Å². The van der Waals surface area contributed by atoms with Crippen molar-refractivity contribution in [2.45, 2.75) is 38.9 Å². The number of pyridine rings is 1. The highest BCUT2D eigenvalue weighted by Crippen LogP contribution is 2.29. The van der Waals surface area contributed by atoms with Crippen molar-refractivity contribution in [1.82, 2.24) is 20.5 Å². The largest absolute Gasteiger partial charge is 0.504 e. The fraction of sp³-hybridized carbons (Fsp3) is 0.455. The van der Waals surface area contributed by atoms with Crippen LogP contribution in [0, 0.1) is 0 Å². The second-order valence-corrected chi connectivity index (χ2v) is 7.18. The zero-order chi connectivity index (χ0) is 20.5. The molecule has 1 aliphatic rings. The van der Waals surface area contributed by atoms with Gasteiger partial charge in [0, 0.05) is 44.0 Å². The van der Waals surface area contributed by atoms with Gasteiger partial charge in [-0.05, 0) is 38.0 Å². The van der Waals surface area contributed by atoms with Crippen LogP contribution in [0.5, 0.6) is 11.5 Å². The summed E-state index contributed by atoms with van der Waals surface area (Å²) in [6.07, 6.45) is 3.96. The van der Waals surface area contributed by atoms with E-state index in [2.05, 4.69) is 38.5 Å². The summed E-state index contributed by atoms with van der Waals surface area (Å²) in [5.41, 5.74) is 1.86. The summed E-state index contributed by atoms with van der Waals surface area (Å²) in [5, 5.41) is 17.1. The summed E-state index contributed by atoms with van der Waals surface area (Å²) in [6, 6.07) is 11.9. The Morgan fingerprint density at radius 1 is 1.24 bits per heavy atom. The first-order valence-electron chi connectivity index (χ1n) is 10.2. The van der Waals surface area contributed by atoms with Crippen molar-refractivity contribution in [1.29, 1.82) is 0 Å².